The van der Waals surface area contributed by atoms with Gasteiger partial charge in [-0.05, 0) is 18.6 Å². The molecule has 0 fully saturated rings. The van der Waals surface area contributed by atoms with Crippen LogP contribution in [-0.4, -0.2) is 26.4 Å². The van der Waals surface area contributed by atoms with Gasteiger partial charge in [0.15, 0.2) is 11.0 Å². The van der Waals surface area contributed by atoms with Crippen LogP contribution in [0.25, 0.3) is 11.0 Å². The molecule has 21 heavy (non-hydrogen) atoms. The third kappa shape index (κ3) is 3.97. The van der Waals surface area contributed by atoms with Crippen molar-refractivity contribution in [2.45, 2.75) is 44.3 Å². The number of halogens is 1. The normalized spacial score (nSPS) is 11.1. The molecule has 6 heteroatoms. The summed E-state index contributed by atoms with van der Waals surface area (Å²) in [4.78, 5) is 15.0. The summed E-state index contributed by atoms with van der Waals surface area (Å²) >= 11 is 1.14. The number of imidazole rings is 1. The van der Waals surface area contributed by atoms with Gasteiger partial charge in [-0.3, -0.25) is 4.79 Å². The number of aromatic nitrogens is 2. The van der Waals surface area contributed by atoms with Crippen molar-refractivity contribution in [2.24, 2.45) is 0 Å². The van der Waals surface area contributed by atoms with Gasteiger partial charge in [0, 0.05) is 6.54 Å². The molecule has 114 valence electrons. The van der Waals surface area contributed by atoms with Crippen LogP contribution in [0, 0.1) is 5.82 Å². The molecule has 0 atom stereocenters. The molecule has 0 bridgehead atoms. The molecule has 0 saturated carbocycles. The van der Waals surface area contributed by atoms with E-state index in [1.54, 1.807) is 6.07 Å². The van der Waals surface area contributed by atoms with Gasteiger partial charge in [-0.25, -0.2) is 9.37 Å². The van der Waals surface area contributed by atoms with E-state index in [0.29, 0.717) is 10.7 Å². The van der Waals surface area contributed by atoms with Crippen molar-refractivity contribution in [1.29, 1.82) is 0 Å². The second-order valence-corrected chi connectivity index (χ2v) is 5.84. The van der Waals surface area contributed by atoms with E-state index in [-0.39, 0.29) is 11.6 Å². The molecule has 1 heterocycles. The third-order valence-electron chi connectivity index (χ3n) is 3.25. The lowest BCUT2D eigenvalue weighted by molar-refractivity contribution is -0.133. The van der Waals surface area contributed by atoms with Gasteiger partial charge < -0.3 is 9.67 Å². The topological polar surface area (TPSA) is 55.1 Å². The number of carboxylic acids is 1. The van der Waals surface area contributed by atoms with Crippen molar-refractivity contribution in [2.75, 3.05) is 5.75 Å². The Morgan fingerprint density at radius 3 is 2.90 bits per heavy atom. The lowest BCUT2D eigenvalue weighted by atomic mass is 10.2. The molecular formula is C15H19FN2O2S. The summed E-state index contributed by atoms with van der Waals surface area (Å²) in [5.74, 6) is -1.33. The van der Waals surface area contributed by atoms with Crippen molar-refractivity contribution < 1.29 is 14.3 Å². The van der Waals surface area contributed by atoms with Gasteiger partial charge in [-0.15, -0.1) is 0 Å². The van der Waals surface area contributed by atoms with Gasteiger partial charge in [-0.1, -0.05) is 44.0 Å². The van der Waals surface area contributed by atoms with Gasteiger partial charge in [0.05, 0.1) is 11.3 Å². The highest BCUT2D eigenvalue weighted by atomic mass is 32.2. The second kappa shape index (κ2) is 7.45. The maximum Gasteiger partial charge on any atom is 0.313 e. The van der Waals surface area contributed by atoms with E-state index in [9.17, 15) is 9.18 Å². The van der Waals surface area contributed by atoms with Crippen molar-refractivity contribution in [1.82, 2.24) is 9.55 Å². The maximum atomic E-state index is 13.8. The Labute approximate surface area is 127 Å². The van der Waals surface area contributed by atoms with Crippen LogP contribution in [0.2, 0.25) is 0 Å². The zero-order chi connectivity index (χ0) is 15.2. The zero-order valence-electron chi connectivity index (χ0n) is 12.0. The minimum atomic E-state index is -0.898. The summed E-state index contributed by atoms with van der Waals surface area (Å²) in [5.41, 5.74) is 1.06. The Morgan fingerprint density at radius 2 is 2.19 bits per heavy atom. The molecule has 0 aliphatic carbocycles. The number of carboxylic acid groups (broad SMARTS) is 1. The van der Waals surface area contributed by atoms with E-state index >= 15 is 0 Å². The Hall–Kier alpha value is -1.56. The number of nitrogens with zero attached hydrogens (tertiary/aromatic N) is 2. The van der Waals surface area contributed by atoms with Crippen molar-refractivity contribution in [3.8, 4) is 0 Å². The fourth-order valence-corrected chi connectivity index (χ4v) is 2.99. The molecule has 0 saturated heterocycles. The summed E-state index contributed by atoms with van der Waals surface area (Å²) in [5, 5.41) is 9.39. The number of hydrogen-bond acceptors (Lipinski definition) is 3. The molecule has 1 aromatic carbocycles. The molecule has 0 spiro atoms. The number of unbranched alkanes of at least 4 members (excludes halogenated alkanes) is 3. The molecule has 0 unspecified atom stereocenters. The quantitative estimate of drug-likeness (QED) is 0.593. The largest absolute Gasteiger partial charge is 0.481 e. The highest BCUT2D eigenvalue weighted by Crippen LogP contribution is 2.26. The minimum absolute atomic E-state index is 0.0695. The van der Waals surface area contributed by atoms with Crippen LogP contribution in [0.4, 0.5) is 4.39 Å². The Morgan fingerprint density at radius 1 is 1.38 bits per heavy atom. The van der Waals surface area contributed by atoms with E-state index in [0.717, 1.165) is 43.1 Å². The SMILES string of the molecule is CCCCCCn1c(SCC(=O)O)nc2c(F)cccc21. The first-order chi connectivity index (χ1) is 10.1. The lowest BCUT2D eigenvalue weighted by Gasteiger charge is -2.08. The molecule has 1 N–H and O–H groups in total. The number of carbonyl (C=O) groups is 1. The van der Waals surface area contributed by atoms with Crippen molar-refractivity contribution in [3.63, 3.8) is 0 Å². The highest BCUT2D eigenvalue weighted by molar-refractivity contribution is 7.99. The lowest BCUT2D eigenvalue weighted by Crippen LogP contribution is -2.03. The fraction of sp³-hybridized carbons (Fsp3) is 0.467. The second-order valence-electron chi connectivity index (χ2n) is 4.90. The maximum absolute atomic E-state index is 13.8. The molecule has 0 radical (unpaired) electrons. The minimum Gasteiger partial charge on any atom is -0.481 e. The van der Waals surface area contributed by atoms with Gasteiger partial charge >= 0.3 is 5.97 Å². The number of aryl methyl sites for hydroxylation is 1. The van der Waals surface area contributed by atoms with Crippen LogP contribution in [0.15, 0.2) is 23.4 Å². The monoisotopic (exact) mass is 310 g/mol. The van der Waals surface area contributed by atoms with E-state index < -0.39 is 5.97 Å². The van der Waals surface area contributed by atoms with Crippen LogP contribution >= 0.6 is 11.8 Å². The van der Waals surface area contributed by atoms with E-state index in [2.05, 4.69) is 11.9 Å². The molecule has 2 rings (SSSR count). The van der Waals surface area contributed by atoms with Gasteiger partial charge in [0.1, 0.15) is 5.52 Å². The fourth-order valence-electron chi connectivity index (χ4n) is 2.24. The average molecular weight is 310 g/mol. The first-order valence-electron chi connectivity index (χ1n) is 7.12. The number of hydrogen-bond donors (Lipinski definition) is 1. The number of thioether (sulfide) groups is 1. The molecular weight excluding hydrogens is 291 g/mol. The van der Waals surface area contributed by atoms with Gasteiger partial charge in [-0.2, -0.15) is 0 Å². The van der Waals surface area contributed by atoms with Crippen molar-refractivity contribution in [3.05, 3.63) is 24.0 Å². The third-order valence-corrected chi connectivity index (χ3v) is 4.22. The van der Waals surface area contributed by atoms with Crippen LogP contribution in [0.1, 0.15) is 32.6 Å². The summed E-state index contributed by atoms with van der Waals surface area (Å²) in [6, 6.07) is 4.87. The molecule has 1 aromatic heterocycles. The first kappa shape index (κ1) is 15.8. The molecule has 2 aromatic rings. The predicted molar refractivity (Wildman–Crippen MR) is 82.2 cm³/mol. The molecule has 0 aliphatic rings. The Bertz CT molecular complexity index is 627. The summed E-state index contributed by atoms with van der Waals surface area (Å²) in [6.07, 6.45) is 4.41. The zero-order valence-corrected chi connectivity index (χ0v) is 12.8. The van der Waals surface area contributed by atoms with Crippen LogP contribution in [0.3, 0.4) is 0 Å². The Balaban J connectivity index is 2.26. The summed E-state index contributed by atoms with van der Waals surface area (Å²) in [6.45, 7) is 2.89. The molecule has 0 amide bonds. The average Bonchev–Trinajstić information content (AvgIpc) is 2.81. The van der Waals surface area contributed by atoms with Crippen LogP contribution < -0.4 is 0 Å². The first-order valence-corrected chi connectivity index (χ1v) is 8.11. The molecule has 4 nitrogen and oxygen atoms in total. The predicted octanol–water partition coefficient (Wildman–Crippen LogP) is 3.93. The number of benzene rings is 1. The van der Waals surface area contributed by atoms with E-state index in [4.69, 9.17) is 5.11 Å². The number of rotatable bonds is 8. The number of aliphatic carboxylic acids is 1. The highest BCUT2D eigenvalue weighted by Gasteiger charge is 2.14. The van der Waals surface area contributed by atoms with E-state index in [1.807, 2.05) is 10.6 Å². The summed E-state index contributed by atoms with van der Waals surface area (Å²) in [7, 11) is 0. The van der Waals surface area contributed by atoms with Crippen molar-refractivity contribution >= 4 is 28.8 Å². The number of fused-ring (bicyclic) bond motifs is 1. The van der Waals surface area contributed by atoms with E-state index in [1.165, 1.54) is 12.5 Å². The van der Waals surface area contributed by atoms with Crippen LogP contribution in [0.5, 0.6) is 0 Å². The number of para-hydroxylation sites is 1. The van der Waals surface area contributed by atoms with Gasteiger partial charge in [0.2, 0.25) is 0 Å². The van der Waals surface area contributed by atoms with Crippen LogP contribution in [-0.2, 0) is 11.3 Å². The summed E-state index contributed by atoms with van der Waals surface area (Å²) < 4.78 is 15.8. The Kier molecular flexibility index (Phi) is 5.61. The molecule has 0 aliphatic heterocycles. The standard InChI is InChI=1S/C15H19FN2O2S/c1-2-3-4-5-9-18-12-8-6-7-11(16)14(12)17-15(18)21-10-13(19)20/h6-8H,2-5,9-10H2,1H3,(H,19,20). The van der Waals surface area contributed by atoms with Gasteiger partial charge in [0.25, 0.3) is 0 Å². The smallest absolute Gasteiger partial charge is 0.313 e.